The number of nitrogens with zero attached hydrogens (tertiary/aromatic N) is 4. The molecule has 3 heterocycles. The van der Waals surface area contributed by atoms with E-state index in [1.807, 2.05) is 24.3 Å². The molecule has 2 amide bonds. The molecule has 2 aromatic carbocycles. The molecule has 2 aliphatic heterocycles. The molecule has 158 valence electrons. The summed E-state index contributed by atoms with van der Waals surface area (Å²) in [6.07, 6.45) is 2.69. The molecule has 31 heavy (non-hydrogen) atoms. The molecule has 0 aliphatic carbocycles. The predicted molar refractivity (Wildman–Crippen MR) is 127 cm³/mol. The number of benzene rings is 2. The van der Waals surface area contributed by atoms with Gasteiger partial charge < -0.3 is 9.80 Å². The minimum absolute atomic E-state index is 0.384. The van der Waals surface area contributed by atoms with Crippen molar-refractivity contribution < 1.29 is 4.79 Å². The summed E-state index contributed by atoms with van der Waals surface area (Å²) in [5.74, 6) is 0. The maximum absolute atomic E-state index is 12.2. The molecule has 0 radical (unpaired) electrons. The number of urea groups is 1. The SMILES string of the molecule is CN1CCc2sc(NC(=O)N/N=C\CN3c4ccccc4Sc4ccccc43)nc2C1. The number of hydrogen-bond donors (Lipinski definition) is 2. The number of hydrazone groups is 1. The van der Waals surface area contributed by atoms with Gasteiger partial charge in [-0.2, -0.15) is 5.10 Å². The molecule has 0 unspecified atom stereocenters. The molecule has 0 saturated heterocycles. The summed E-state index contributed by atoms with van der Waals surface area (Å²) in [5, 5.41) is 7.54. The summed E-state index contributed by atoms with van der Waals surface area (Å²) in [6, 6.07) is 16.2. The lowest BCUT2D eigenvalue weighted by molar-refractivity contribution is 0.252. The molecule has 3 aromatic rings. The van der Waals surface area contributed by atoms with Crippen LogP contribution in [0.1, 0.15) is 10.6 Å². The maximum atomic E-state index is 12.2. The van der Waals surface area contributed by atoms with Gasteiger partial charge in [-0.05, 0) is 37.7 Å². The molecule has 9 heteroatoms. The lowest BCUT2D eigenvalue weighted by Gasteiger charge is -2.31. The number of nitrogens with one attached hydrogen (secondary N) is 2. The molecule has 0 fully saturated rings. The van der Waals surface area contributed by atoms with Crippen LogP contribution >= 0.6 is 23.1 Å². The quantitative estimate of drug-likeness (QED) is 0.451. The highest BCUT2D eigenvalue weighted by Crippen LogP contribution is 2.47. The molecule has 1 aromatic heterocycles. The van der Waals surface area contributed by atoms with Gasteiger partial charge >= 0.3 is 6.03 Å². The number of hydrogen-bond acceptors (Lipinski definition) is 7. The van der Waals surface area contributed by atoms with Crippen molar-refractivity contribution in [2.75, 3.05) is 30.4 Å². The number of rotatable bonds is 4. The molecule has 0 atom stereocenters. The summed E-state index contributed by atoms with van der Waals surface area (Å²) in [6.45, 7) is 2.39. The number of likely N-dealkylation sites (N-methyl/N-ethyl adjacent to an activating group) is 1. The smallest absolute Gasteiger partial charge is 0.334 e. The number of carbonyl (C=O) groups excluding carboxylic acids is 1. The lowest BCUT2D eigenvalue weighted by Crippen LogP contribution is -2.27. The predicted octanol–water partition coefficient (Wildman–Crippen LogP) is 4.54. The van der Waals surface area contributed by atoms with Crippen LogP contribution in [0.5, 0.6) is 0 Å². The average Bonchev–Trinajstić information content (AvgIpc) is 3.17. The Balaban J connectivity index is 1.22. The molecule has 0 spiro atoms. The summed E-state index contributed by atoms with van der Waals surface area (Å²) in [4.78, 5) is 24.9. The maximum Gasteiger partial charge on any atom is 0.341 e. The van der Waals surface area contributed by atoms with E-state index in [9.17, 15) is 4.79 Å². The van der Waals surface area contributed by atoms with Crippen LogP contribution < -0.4 is 15.6 Å². The van der Waals surface area contributed by atoms with Gasteiger partial charge in [-0.15, -0.1) is 11.3 Å². The van der Waals surface area contributed by atoms with E-state index >= 15 is 0 Å². The molecule has 2 N–H and O–H groups in total. The largest absolute Gasteiger partial charge is 0.341 e. The Labute approximate surface area is 189 Å². The minimum Gasteiger partial charge on any atom is -0.334 e. The first-order valence-corrected chi connectivity index (χ1v) is 11.7. The second-order valence-electron chi connectivity index (χ2n) is 7.40. The van der Waals surface area contributed by atoms with Crippen molar-refractivity contribution in [3.63, 3.8) is 0 Å². The van der Waals surface area contributed by atoms with Gasteiger partial charge in [-0.3, -0.25) is 5.32 Å². The van der Waals surface area contributed by atoms with Crippen molar-refractivity contribution in [3.05, 3.63) is 59.1 Å². The number of fused-ring (bicyclic) bond motifs is 3. The summed E-state index contributed by atoms with van der Waals surface area (Å²) in [5.41, 5.74) is 5.88. The van der Waals surface area contributed by atoms with Crippen LogP contribution in [0.15, 0.2) is 63.4 Å². The van der Waals surface area contributed by atoms with E-state index in [2.05, 4.69) is 61.9 Å². The minimum atomic E-state index is -0.384. The van der Waals surface area contributed by atoms with Crippen molar-refractivity contribution in [3.8, 4) is 0 Å². The van der Waals surface area contributed by atoms with Crippen molar-refractivity contribution in [2.24, 2.45) is 5.10 Å². The molecular weight excluding hydrogens is 428 g/mol. The van der Waals surface area contributed by atoms with Gasteiger partial charge in [0.1, 0.15) is 0 Å². The summed E-state index contributed by atoms with van der Waals surface area (Å²) < 4.78 is 0. The number of anilines is 3. The second kappa shape index (κ2) is 8.70. The van der Waals surface area contributed by atoms with Gasteiger partial charge in [0.25, 0.3) is 0 Å². The van der Waals surface area contributed by atoms with Gasteiger partial charge in [-0.25, -0.2) is 15.2 Å². The van der Waals surface area contributed by atoms with Crippen LogP contribution in [-0.4, -0.2) is 42.3 Å². The Morgan fingerprint density at radius 3 is 2.61 bits per heavy atom. The number of aromatic nitrogens is 1. The molecule has 2 aliphatic rings. The Morgan fingerprint density at radius 1 is 1.16 bits per heavy atom. The monoisotopic (exact) mass is 450 g/mol. The molecule has 5 rings (SSSR count). The van der Waals surface area contributed by atoms with Crippen LogP contribution in [0.3, 0.4) is 0 Å². The zero-order valence-corrected chi connectivity index (χ0v) is 18.7. The highest BCUT2D eigenvalue weighted by Gasteiger charge is 2.22. The highest BCUT2D eigenvalue weighted by molar-refractivity contribution is 7.99. The molecule has 0 saturated carbocycles. The topological polar surface area (TPSA) is 72.9 Å². The zero-order chi connectivity index (χ0) is 21.2. The third kappa shape index (κ3) is 4.30. The Hall–Kier alpha value is -2.88. The Kier molecular flexibility index (Phi) is 5.63. The second-order valence-corrected chi connectivity index (χ2v) is 9.57. The van der Waals surface area contributed by atoms with E-state index < -0.39 is 0 Å². The first-order valence-electron chi connectivity index (χ1n) is 10.1. The van der Waals surface area contributed by atoms with Gasteiger partial charge in [-0.1, -0.05) is 36.0 Å². The third-order valence-corrected chi connectivity index (χ3v) is 7.40. The van der Waals surface area contributed by atoms with E-state index in [1.54, 1.807) is 29.3 Å². The lowest BCUT2D eigenvalue weighted by atomic mass is 10.2. The first-order chi connectivity index (χ1) is 15.2. The van der Waals surface area contributed by atoms with Crippen molar-refractivity contribution in [2.45, 2.75) is 22.8 Å². The Morgan fingerprint density at radius 2 is 1.87 bits per heavy atom. The fourth-order valence-corrected chi connectivity index (χ4v) is 5.76. The Bertz CT molecular complexity index is 1100. The van der Waals surface area contributed by atoms with Crippen molar-refractivity contribution >= 4 is 51.9 Å². The van der Waals surface area contributed by atoms with Crippen molar-refractivity contribution in [1.29, 1.82) is 0 Å². The van der Waals surface area contributed by atoms with E-state index in [0.717, 1.165) is 36.6 Å². The fourth-order valence-electron chi connectivity index (χ4n) is 3.71. The van der Waals surface area contributed by atoms with Gasteiger partial charge in [0.15, 0.2) is 5.13 Å². The summed E-state index contributed by atoms with van der Waals surface area (Å²) in [7, 11) is 2.08. The number of amides is 2. The standard InChI is InChI=1S/C22H22N6OS2/c1-27-12-10-18-15(14-27)24-22(31-18)25-21(29)26-23-11-13-28-16-6-2-4-8-19(16)30-20-9-5-3-7-17(20)28/h2-9,11H,10,12-14H2,1H3,(H2,24,25,26,29)/b23-11-. The zero-order valence-electron chi connectivity index (χ0n) is 17.0. The van der Waals surface area contributed by atoms with Crippen LogP contribution in [0, 0.1) is 0 Å². The fraction of sp³-hybridized carbons (Fsp3) is 0.227. The van der Waals surface area contributed by atoms with Gasteiger partial charge in [0.05, 0.1) is 23.6 Å². The van der Waals surface area contributed by atoms with E-state index in [4.69, 9.17) is 0 Å². The van der Waals surface area contributed by atoms with Crippen LogP contribution in [0.4, 0.5) is 21.3 Å². The summed E-state index contributed by atoms with van der Waals surface area (Å²) >= 11 is 3.31. The van der Waals surface area contributed by atoms with Crippen molar-refractivity contribution in [1.82, 2.24) is 15.3 Å². The van der Waals surface area contributed by atoms with Crippen LogP contribution in [0.25, 0.3) is 0 Å². The molecule has 0 bridgehead atoms. The van der Waals surface area contributed by atoms with Crippen LogP contribution in [-0.2, 0) is 13.0 Å². The van der Waals surface area contributed by atoms with Gasteiger partial charge in [0, 0.05) is 34.0 Å². The number of para-hydroxylation sites is 2. The highest BCUT2D eigenvalue weighted by atomic mass is 32.2. The molecular formula is C22H22N6OS2. The van der Waals surface area contributed by atoms with Gasteiger partial charge in [0.2, 0.25) is 0 Å². The van der Waals surface area contributed by atoms with E-state index in [0.29, 0.717) is 11.7 Å². The normalized spacial score (nSPS) is 15.3. The third-order valence-electron chi connectivity index (χ3n) is 5.19. The molecule has 7 nitrogen and oxygen atoms in total. The number of carbonyl (C=O) groups is 1. The average molecular weight is 451 g/mol. The first kappa shape index (κ1) is 20.0. The van der Waals surface area contributed by atoms with E-state index in [-0.39, 0.29) is 6.03 Å². The number of thiazole rings is 1. The van der Waals surface area contributed by atoms with E-state index in [1.165, 1.54) is 14.7 Å². The van der Waals surface area contributed by atoms with Crippen LogP contribution in [0.2, 0.25) is 0 Å².